The molecule has 1 rings (SSSR count). The quantitative estimate of drug-likeness (QED) is 0.667. The third-order valence-electron chi connectivity index (χ3n) is 2.42. The first-order valence-corrected chi connectivity index (χ1v) is 7.04. The average molecular weight is 285 g/mol. The van der Waals surface area contributed by atoms with Crippen molar-refractivity contribution in [1.82, 2.24) is 5.32 Å². The van der Waals surface area contributed by atoms with Crippen molar-refractivity contribution in [3.8, 4) is 0 Å². The molecule has 0 saturated carbocycles. The number of thioether (sulfide) groups is 1. The summed E-state index contributed by atoms with van der Waals surface area (Å²) in [6.45, 7) is 6.71. The number of benzene rings is 1. The first kappa shape index (κ1) is 16.0. The lowest BCUT2D eigenvalue weighted by atomic mass is 10.1. The van der Waals surface area contributed by atoms with Crippen LogP contribution in [0.3, 0.4) is 0 Å². The second-order valence-corrected chi connectivity index (χ2v) is 6.18. The number of methoxy groups -OCH3 is 1. The maximum absolute atomic E-state index is 13.8. The Morgan fingerprint density at radius 1 is 1.42 bits per heavy atom. The normalized spacial score (nSPS) is 11.4. The second kappa shape index (κ2) is 6.91. The molecular weight excluding hydrogens is 265 g/mol. The molecule has 19 heavy (non-hydrogen) atoms. The summed E-state index contributed by atoms with van der Waals surface area (Å²) in [5.74, 6) is -0.551. The van der Waals surface area contributed by atoms with Crippen molar-refractivity contribution in [3.63, 3.8) is 0 Å². The highest BCUT2D eigenvalue weighted by atomic mass is 32.2. The van der Waals surface area contributed by atoms with E-state index in [-0.39, 0.29) is 23.1 Å². The minimum absolute atomic E-state index is 0.0450. The van der Waals surface area contributed by atoms with Crippen LogP contribution >= 0.6 is 11.8 Å². The van der Waals surface area contributed by atoms with Crippen molar-refractivity contribution in [1.29, 1.82) is 0 Å². The molecule has 1 aromatic rings. The Bertz CT molecular complexity index is 444. The fourth-order valence-electron chi connectivity index (χ4n) is 1.40. The van der Waals surface area contributed by atoms with Crippen LogP contribution in [0.4, 0.5) is 4.39 Å². The van der Waals surface area contributed by atoms with E-state index in [4.69, 9.17) is 0 Å². The van der Waals surface area contributed by atoms with Gasteiger partial charge in [0.05, 0.1) is 12.9 Å². The van der Waals surface area contributed by atoms with Gasteiger partial charge in [0.2, 0.25) is 0 Å². The fourth-order valence-corrected chi connectivity index (χ4v) is 2.32. The molecule has 0 amide bonds. The minimum Gasteiger partial charge on any atom is -0.468 e. The third kappa shape index (κ3) is 5.61. The molecule has 0 spiro atoms. The summed E-state index contributed by atoms with van der Waals surface area (Å²) >= 11 is 1.17. The predicted octanol–water partition coefficient (Wildman–Crippen LogP) is 2.98. The number of halogens is 1. The summed E-state index contributed by atoms with van der Waals surface area (Å²) in [4.78, 5) is 11.6. The molecule has 106 valence electrons. The second-order valence-electron chi connectivity index (χ2n) is 5.20. The van der Waals surface area contributed by atoms with Crippen LogP contribution in [0.15, 0.2) is 23.1 Å². The van der Waals surface area contributed by atoms with E-state index in [1.807, 2.05) is 26.8 Å². The number of esters is 1. The molecule has 0 atom stereocenters. The van der Waals surface area contributed by atoms with E-state index in [2.05, 4.69) is 10.1 Å². The molecule has 0 bridgehead atoms. The predicted molar refractivity (Wildman–Crippen MR) is 75.7 cm³/mol. The van der Waals surface area contributed by atoms with Gasteiger partial charge >= 0.3 is 5.97 Å². The highest BCUT2D eigenvalue weighted by Crippen LogP contribution is 2.26. The van der Waals surface area contributed by atoms with Gasteiger partial charge in [-0.15, -0.1) is 11.8 Å². The van der Waals surface area contributed by atoms with Crippen molar-refractivity contribution >= 4 is 17.7 Å². The summed E-state index contributed by atoms with van der Waals surface area (Å²) in [5, 5.41) is 3.31. The Balaban J connectivity index is 2.80. The van der Waals surface area contributed by atoms with E-state index in [0.29, 0.717) is 11.4 Å². The molecule has 3 nitrogen and oxygen atoms in total. The van der Waals surface area contributed by atoms with E-state index >= 15 is 0 Å². The van der Waals surface area contributed by atoms with Gasteiger partial charge in [-0.05, 0) is 32.4 Å². The van der Waals surface area contributed by atoms with Crippen molar-refractivity contribution in [3.05, 3.63) is 29.6 Å². The Morgan fingerprint density at radius 2 is 2.11 bits per heavy atom. The molecule has 0 aromatic heterocycles. The number of rotatable bonds is 5. The fraction of sp³-hybridized carbons (Fsp3) is 0.500. The monoisotopic (exact) mass is 285 g/mol. The third-order valence-corrected chi connectivity index (χ3v) is 3.55. The summed E-state index contributed by atoms with van der Waals surface area (Å²) in [5.41, 5.74) is 0.806. The van der Waals surface area contributed by atoms with Gasteiger partial charge < -0.3 is 10.1 Å². The van der Waals surface area contributed by atoms with E-state index in [1.165, 1.54) is 24.9 Å². The maximum atomic E-state index is 13.8. The number of carbonyl (C=O) groups excluding carboxylic acids is 1. The Hall–Kier alpha value is -1.07. The molecule has 0 unspecified atom stereocenters. The topological polar surface area (TPSA) is 38.3 Å². The van der Waals surface area contributed by atoms with E-state index in [9.17, 15) is 9.18 Å². The lowest BCUT2D eigenvalue weighted by molar-refractivity contribution is -0.137. The lowest BCUT2D eigenvalue weighted by Crippen LogP contribution is -2.35. The highest BCUT2D eigenvalue weighted by molar-refractivity contribution is 8.00. The zero-order chi connectivity index (χ0) is 14.5. The zero-order valence-electron chi connectivity index (χ0n) is 11.7. The van der Waals surface area contributed by atoms with Crippen molar-refractivity contribution in [2.45, 2.75) is 37.8 Å². The standard InChI is InChI=1S/C14H20FNO2S/c1-14(2,3)16-8-10-6-5-7-11(15)13(10)19-9-12(17)18-4/h5-7,16H,8-9H2,1-4H3. The first-order valence-electron chi connectivity index (χ1n) is 6.05. The summed E-state index contributed by atoms with van der Waals surface area (Å²) in [6.07, 6.45) is 0. The van der Waals surface area contributed by atoms with Gasteiger partial charge in [-0.25, -0.2) is 4.39 Å². The van der Waals surface area contributed by atoms with Crippen LogP contribution in [0.25, 0.3) is 0 Å². The van der Waals surface area contributed by atoms with Crippen molar-refractivity contribution in [2.24, 2.45) is 0 Å². The molecule has 0 saturated heterocycles. The largest absolute Gasteiger partial charge is 0.468 e. The van der Waals surface area contributed by atoms with E-state index in [1.54, 1.807) is 6.07 Å². The number of ether oxygens (including phenoxy) is 1. The Morgan fingerprint density at radius 3 is 2.68 bits per heavy atom. The molecule has 0 aliphatic heterocycles. The molecule has 1 N–H and O–H groups in total. The van der Waals surface area contributed by atoms with Crippen LogP contribution in [-0.2, 0) is 16.1 Å². The Kier molecular flexibility index (Phi) is 5.82. The van der Waals surface area contributed by atoms with Crippen LogP contribution in [0.2, 0.25) is 0 Å². The molecule has 0 aliphatic carbocycles. The van der Waals surface area contributed by atoms with Gasteiger partial charge in [0.25, 0.3) is 0 Å². The molecule has 5 heteroatoms. The number of carbonyl (C=O) groups is 1. The van der Waals surface area contributed by atoms with Crippen LogP contribution < -0.4 is 5.32 Å². The van der Waals surface area contributed by atoms with Gasteiger partial charge in [0, 0.05) is 17.0 Å². The number of hydrogen-bond acceptors (Lipinski definition) is 4. The van der Waals surface area contributed by atoms with Crippen LogP contribution in [-0.4, -0.2) is 24.4 Å². The Labute approximate surface area is 117 Å². The highest BCUT2D eigenvalue weighted by Gasteiger charge is 2.14. The van der Waals surface area contributed by atoms with Crippen molar-refractivity contribution in [2.75, 3.05) is 12.9 Å². The van der Waals surface area contributed by atoms with Crippen LogP contribution in [0, 0.1) is 5.82 Å². The summed E-state index contributed by atoms with van der Waals surface area (Å²) in [7, 11) is 1.33. The van der Waals surface area contributed by atoms with Crippen LogP contribution in [0.5, 0.6) is 0 Å². The molecule has 0 heterocycles. The van der Waals surface area contributed by atoms with Crippen LogP contribution in [0.1, 0.15) is 26.3 Å². The minimum atomic E-state index is -0.358. The van der Waals surface area contributed by atoms with Gasteiger partial charge in [-0.3, -0.25) is 4.79 Å². The smallest absolute Gasteiger partial charge is 0.315 e. The summed E-state index contributed by atoms with van der Waals surface area (Å²) in [6, 6.07) is 4.94. The lowest BCUT2D eigenvalue weighted by Gasteiger charge is -2.21. The maximum Gasteiger partial charge on any atom is 0.315 e. The van der Waals surface area contributed by atoms with E-state index in [0.717, 1.165) is 5.56 Å². The molecular formula is C14H20FNO2S. The van der Waals surface area contributed by atoms with E-state index < -0.39 is 0 Å². The number of hydrogen-bond donors (Lipinski definition) is 1. The summed E-state index contributed by atoms with van der Waals surface area (Å²) < 4.78 is 18.4. The molecule has 0 radical (unpaired) electrons. The van der Waals surface area contributed by atoms with Gasteiger partial charge in [-0.2, -0.15) is 0 Å². The van der Waals surface area contributed by atoms with Gasteiger partial charge in [-0.1, -0.05) is 12.1 Å². The SMILES string of the molecule is COC(=O)CSc1c(F)cccc1CNC(C)(C)C. The van der Waals surface area contributed by atoms with Crippen molar-refractivity contribution < 1.29 is 13.9 Å². The zero-order valence-corrected chi connectivity index (χ0v) is 12.6. The average Bonchev–Trinajstić information content (AvgIpc) is 2.33. The van der Waals surface area contributed by atoms with Gasteiger partial charge in [0.1, 0.15) is 5.82 Å². The molecule has 0 aliphatic rings. The van der Waals surface area contributed by atoms with Gasteiger partial charge in [0.15, 0.2) is 0 Å². The molecule has 0 fully saturated rings. The number of nitrogens with one attached hydrogen (secondary N) is 1. The molecule has 1 aromatic carbocycles. The first-order chi connectivity index (χ1) is 8.83.